The van der Waals surface area contributed by atoms with Crippen molar-refractivity contribution in [2.75, 3.05) is 20.2 Å². The SMILES string of the molecule is COc1ccc(C)cc1S(=O)(=O)N1CCC(Cn2c(C(F)(F)F)nc3ccccc32)CC1. The Labute approximate surface area is 184 Å². The number of aromatic nitrogens is 2. The van der Waals surface area contributed by atoms with Gasteiger partial charge in [-0.1, -0.05) is 18.2 Å². The maximum atomic E-state index is 13.6. The van der Waals surface area contributed by atoms with Crippen LogP contribution < -0.4 is 4.74 Å². The average molecular weight is 468 g/mol. The lowest BCUT2D eigenvalue weighted by molar-refractivity contribution is -0.147. The molecule has 2 aromatic carbocycles. The molecule has 0 radical (unpaired) electrons. The molecule has 1 aliphatic rings. The summed E-state index contributed by atoms with van der Waals surface area (Å²) in [5.41, 5.74) is 1.52. The van der Waals surface area contributed by atoms with E-state index in [0.29, 0.717) is 23.9 Å². The minimum Gasteiger partial charge on any atom is -0.495 e. The highest BCUT2D eigenvalue weighted by atomic mass is 32.2. The fraction of sp³-hybridized carbons (Fsp3) is 0.409. The summed E-state index contributed by atoms with van der Waals surface area (Å²) in [5, 5.41) is 0. The molecule has 1 aromatic heterocycles. The first-order valence-electron chi connectivity index (χ1n) is 10.3. The molecule has 1 saturated heterocycles. The van der Waals surface area contributed by atoms with E-state index in [-0.39, 0.29) is 36.2 Å². The number of imidazole rings is 1. The van der Waals surface area contributed by atoms with Crippen molar-refractivity contribution in [1.29, 1.82) is 0 Å². The molecule has 3 aromatic rings. The number of hydrogen-bond acceptors (Lipinski definition) is 4. The summed E-state index contributed by atoms with van der Waals surface area (Å²) in [7, 11) is -2.35. The largest absolute Gasteiger partial charge is 0.495 e. The maximum Gasteiger partial charge on any atom is 0.449 e. The molecule has 0 atom stereocenters. The van der Waals surface area contributed by atoms with Gasteiger partial charge in [0.1, 0.15) is 10.6 Å². The lowest BCUT2D eigenvalue weighted by atomic mass is 9.98. The zero-order valence-electron chi connectivity index (χ0n) is 17.8. The molecule has 0 aliphatic carbocycles. The number of hydrogen-bond donors (Lipinski definition) is 0. The summed E-state index contributed by atoms with van der Waals surface area (Å²) in [6.07, 6.45) is -3.65. The van der Waals surface area contributed by atoms with E-state index in [1.807, 2.05) is 0 Å². The first-order valence-corrected chi connectivity index (χ1v) is 11.7. The van der Waals surface area contributed by atoms with Gasteiger partial charge in [-0.3, -0.25) is 0 Å². The predicted octanol–water partition coefficient (Wildman–Crippen LogP) is 4.47. The Morgan fingerprint density at radius 1 is 1.12 bits per heavy atom. The van der Waals surface area contributed by atoms with Gasteiger partial charge in [0.2, 0.25) is 15.8 Å². The van der Waals surface area contributed by atoms with Gasteiger partial charge in [0.05, 0.1) is 18.1 Å². The van der Waals surface area contributed by atoms with Crippen LogP contribution in [-0.2, 0) is 22.7 Å². The van der Waals surface area contributed by atoms with Gasteiger partial charge < -0.3 is 9.30 Å². The first-order chi connectivity index (χ1) is 15.1. The first kappa shape index (κ1) is 22.6. The number of aryl methyl sites for hydroxylation is 1. The summed E-state index contributed by atoms with van der Waals surface area (Å²) in [5.74, 6) is -0.741. The maximum absolute atomic E-state index is 13.6. The molecule has 0 spiro atoms. The number of alkyl halides is 3. The number of benzene rings is 2. The van der Waals surface area contributed by atoms with Crippen molar-refractivity contribution in [3.8, 4) is 5.75 Å². The smallest absolute Gasteiger partial charge is 0.449 e. The zero-order chi connectivity index (χ0) is 23.1. The van der Waals surface area contributed by atoms with Gasteiger partial charge in [0.25, 0.3) is 0 Å². The number of fused-ring (bicyclic) bond motifs is 1. The molecule has 1 aliphatic heterocycles. The van der Waals surface area contributed by atoms with Crippen molar-refractivity contribution in [3.63, 3.8) is 0 Å². The second-order valence-corrected chi connectivity index (χ2v) is 9.94. The molecule has 0 N–H and O–H groups in total. The van der Waals surface area contributed by atoms with Crippen molar-refractivity contribution in [2.45, 2.75) is 37.4 Å². The summed E-state index contributed by atoms with van der Waals surface area (Å²) < 4.78 is 74.9. The van der Waals surface area contributed by atoms with Gasteiger partial charge in [-0.25, -0.2) is 13.4 Å². The molecule has 0 amide bonds. The molecule has 0 saturated carbocycles. The minimum atomic E-state index is -4.56. The number of halogens is 3. The van der Waals surface area contributed by atoms with E-state index in [1.165, 1.54) is 16.0 Å². The van der Waals surface area contributed by atoms with Crippen molar-refractivity contribution < 1.29 is 26.3 Å². The van der Waals surface area contributed by atoms with Crippen LogP contribution in [0.25, 0.3) is 11.0 Å². The number of ether oxygens (including phenoxy) is 1. The molecule has 172 valence electrons. The Morgan fingerprint density at radius 2 is 1.81 bits per heavy atom. The molecule has 2 heterocycles. The second-order valence-electron chi connectivity index (χ2n) is 8.03. The van der Waals surface area contributed by atoms with E-state index in [1.54, 1.807) is 49.4 Å². The van der Waals surface area contributed by atoms with E-state index in [2.05, 4.69) is 4.98 Å². The Morgan fingerprint density at radius 3 is 2.47 bits per heavy atom. The van der Waals surface area contributed by atoms with Gasteiger partial charge >= 0.3 is 6.18 Å². The van der Waals surface area contributed by atoms with Crippen molar-refractivity contribution in [1.82, 2.24) is 13.9 Å². The molecule has 0 bridgehead atoms. The summed E-state index contributed by atoms with van der Waals surface area (Å²) in [4.78, 5) is 3.90. The Bertz CT molecular complexity index is 1230. The quantitative estimate of drug-likeness (QED) is 0.555. The number of nitrogens with zero attached hydrogens (tertiary/aromatic N) is 3. The number of sulfonamides is 1. The third-order valence-corrected chi connectivity index (χ3v) is 7.78. The van der Waals surface area contributed by atoms with Gasteiger partial charge in [0, 0.05) is 19.6 Å². The Hall–Kier alpha value is -2.59. The highest BCUT2D eigenvalue weighted by Crippen LogP contribution is 2.34. The highest BCUT2D eigenvalue weighted by molar-refractivity contribution is 7.89. The van der Waals surface area contributed by atoms with Gasteiger partial charge in [0.15, 0.2) is 0 Å². The monoisotopic (exact) mass is 467 g/mol. The fourth-order valence-corrected chi connectivity index (χ4v) is 5.90. The fourth-order valence-electron chi connectivity index (χ4n) is 4.19. The van der Waals surface area contributed by atoms with Crippen molar-refractivity contribution >= 4 is 21.1 Å². The highest BCUT2D eigenvalue weighted by Gasteiger charge is 2.39. The molecular formula is C22H24F3N3O3S. The molecular weight excluding hydrogens is 443 g/mol. The lowest BCUT2D eigenvalue weighted by Gasteiger charge is -2.32. The van der Waals surface area contributed by atoms with Crippen LogP contribution in [0.3, 0.4) is 0 Å². The van der Waals surface area contributed by atoms with Gasteiger partial charge in [-0.2, -0.15) is 17.5 Å². The lowest BCUT2D eigenvalue weighted by Crippen LogP contribution is -2.39. The third kappa shape index (κ3) is 4.21. The van der Waals surface area contributed by atoms with Crippen LogP contribution in [0, 0.1) is 12.8 Å². The topological polar surface area (TPSA) is 64.4 Å². The van der Waals surface area contributed by atoms with Crippen molar-refractivity contribution in [3.05, 3.63) is 53.9 Å². The summed E-state index contributed by atoms with van der Waals surface area (Å²) in [6.45, 7) is 2.41. The van der Waals surface area contributed by atoms with E-state index >= 15 is 0 Å². The zero-order valence-corrected chi connectivity index (χ0v) is 18.6. The summed E-state index contributed by atoms with van der Waals surface area (Å²) >= 11 is 0. The van der Waals surface area contributed by atoms with E-state index in [4.69, 9.17) is 4.74 Å². The number of methoxy groups -OCH3 is 1. The number of para-hydroxylation sites is 2. The van der Waals surface area contributed by atoms with E-state index in [9.17, 15) is 21.6 Å². The van der Waals surface area contributed by atoms with Gasteiger partial charge in [-0.15, -0.1) is 0 Å². The average Bonchev–Trinajstić information content (AvgIpc) is 3.13. The Balaban J connectivity index is 1.54. The second kappa shape index (κ2) is 8.40. The molecule has 6 nitrogen and oxygen atoms in total. The van der Waals surface area contributed by atoms with Gasteiger partial charge in [-0.05, 0) is 55.5 Å². The molecule has 0 unspecified atom stereocenters. The standard InChI is InChI=1S/C22H24F3N3O3S/c1-15-7-8-19(31-2)20(13-15)32(29,30)27-11-9-16(10-12-27)14-28-18-6-4-3-5-17(18)26-21(28)22(23,24)25/h3-8,13,16H,9-12,14H2,1-2H3. The molecule has 32 heavy (non-hydrogen) atoms. The van der Waals surface area contributed by atoms with E-state index in [0.717, 1.165) is 5.56 Å². The van der Waals surface area contributed by atoms with Crippen LogP contribution in [0.1, 0.15) is 24.2 Å². The van der Waals surface area contributed by atoms with Crippen LogP contribution in [-0.4, -0.2) is 42.5 Å². The summed E-state index contributed by atoms with van der Waals surface area (Å²) in [6, 6.07) is 11.5. The molecule has 4 rings (SSSR count). The number of piperidine rings is 1. The third-order valence-electron chi connectivity index (χ3n) is 5.86. The Kier molecular flexibility index (Phi) is 5.93. The van der Waals surface area contributed by atoms with Crippen molar-refractivity contribution in [2.24, 2.45) is 5.92 Å². The number of rotatable bonds is 5. The minimum absolute atomic E-state index is 0.0976. The van der Waals surface area contributed by atoms with Crippen LogP contribution >= 0.6 is 0 Å². The van der Waals surface area contributed by atoms with Crippen LogP contribution in [0.4, 0.5) is 13.2 Å². The predicted molar refractivity (Wildman–Crippen MR) is 114 cm³/mol. The van der Waals surface area contributed by atoms with Crippen LogP contribution in [0.5, 0.6) is 5.75 Å². The van der Waals surface area contributed by atoms with Crippen LogP contribution in [0.2, 0.25) is 0 Å². The molecule has 10 heteroatoms. The van der Waals surface area contributed by atoms with E-state index < -0.39 is 22.0 Å². The van der Waals surface area contributed by atoms with Crippen LogP contribution in [0.15, 0.2) is 47.4 Å². The molecule has 1 fully saturated rings. The normalized spacial score (nSPS) is 16.5.